The van der Waals surface area contributed by atoms with Crippen LogP contribution < -0.4 is 10.9 Å². The van der Waals surface area contributed by atoms with Crippen LogP contribution in [0.1, 0.15) is 0 Å². The van der Waals surface area contributed by atoms with Gasteiger partial charge in [-0.2, -0.15) is 0 Å². The van der Waals surface area contributed by atoms with Crippen LogP contribution in [0, 0.1) is 0 Å². The minimum Gasteiger partial charge on any atom is -0.289 e. The lowest BCUT2D eigenvalue weighted by molar-refractivity contribution is 1.80. The number of rotatable bonds is 0. The van der Waals surface area contributed by atoms with Crippen LogP contribution in [0.15, 0.2) is 82.4 Å². The smallest absolute Gasteiger partial charge is 0.194 e. The first-order valence-corrected chi connectivity index (χ1v) is 8.63. The average Bonchev–Trinajstić information content (AvgIpc) is 3.13. The van der Waals surface area contributed by atoms with Gasteiger partial charge in [-0.15, -0.1) is 0 Å². The summed E-state index contributed by atoms with van der Waals surface area (Å²) < 4.78 is 0. The molecule has 2 heteroatoms. The monoisotopic (exact) mass is 332 g/mol. The average molecular weight is 332 g/mol. The molecule has 0 unspecified atom stereocenters. The lowest BCUT2D eigenvalue weighted by Crippen LogP contribution is -1.95. The zero-order valence-electron chi connectivity index (χ0n) is 13.7. The van der Waals surface area contributed by atoms with Gasteiger partial charge in [0.25, 0.3) is 0 Å². The number of hydrogen-bond donors (Lipinski definition) is 0. The largest absolute Gasteiger partial charge is 0.289 e. The van der Waals surface area contributed by atoms with Gasteiger partial charge in [0.05, 0.1) is 0 Å². The van der Waals surface area contributed by atoms with E-state index in [-0.39, 0.29) is 10.9 Å². The van der Waals surface area contributed by atoms with E-state index in [0.717, 1.165) is 43.1 Å². The molecule has 0 heterocycles. The number of hydrogen-bond acceptors (Lipinski definition) is 2. The van der Waals surface area contributed by atoms with Gasteiger partial charge in [0, 0.05) is 26.9 Å². The molecule has 0 amide bonds. The Balaban J connectivity index is 1.96. The van der Waals surface area contributed by atoms with Crippen molar-refractivity contribution in [1.82, 2.24) is 0 Å². The SMILES string of the molecule is O=c1c2ccccc2c2cc3c(=O)c4ccc5ccccc5c4c3cc12. The molecule has 0 radical (unpaired) electrons. The minimum absolute atomic E-state index is 0.0412. The normalized spacial score (nSPS) is 12.2. The zero-order valence-corrected chi connectivity index (χ0v) is 13.7. The Morgan fingerprint density at radius 1 is 0.423 bits per heavy atom. The zero-order chi connectivity index (χ0) is 17.4. The van der Waals surface area contributed by atoms with Gasteiger partial charge in [-0.3, -0.25) is 9.59 Å². The standard InChI is InChI=1S/C24H12O2/c25-23-16-8-4-3-7-15(16)18-11-21-19(12-20(18)23)22-14-6-2-1-5-13(14)9-10-17(22)24(21)26/h1-12H. The van der Waals surface area contributed by atoms with E-state index in [4.69, 9.17) is 0 Å². The van der Waals surface area contributed by atoms with Crippen LogP contribution in [0.5, 0.6) is 0 Å². The molecule has 0 aliphatic carbocycles. The highest BCUT2D eigenvalue weighted by atomic mass is 16.1. The molecule has 0 aliphatic rings. The van der Waals surface area contributed by atoms with E-state index in [1.54, 1.807) is 0 Å². The van der Waals surface area contributed by atoms with Crippen molar-refractivity contribution in [2.24, 2.45) is 0 Å². The van der Waals surface area contributed by atoms with Crippen molar-refractivity contribution in [1.29, 1.82) is 0 Å². The van der Waals surface area contributed by atoms with Gasteiger partial charge in [-0.1, -0.05) is 54.6 Å². The molecule has 0 aromatic heterocycles. The summed E-state index contributed by atoms with van der Waals surface area (Å²) in [5.74, 6) is 0. The number of fused-ring (bicyclic) bond motifs is 8. The molecule has 2 nitrogen and oxygen atoms in total. The van der Waals surface area contributed by atoms with Crippen molar-refractivity contribution in [2.45, 2.75) is 0 Å². The fourth-order valence-electron chi connectivity index (χ4n) is 4.36. The molecular formula is C24H12O2. The van der Waals surface area contributed by atoms with Crippen molar-refractivity contribution in [3.05, 3.63) is 93.2 Å². The number of benzene rings is 4. The lowest BCUT2D eigenvalue weighted by Gasteiger charge is -2.00. The van der Waals surface area contributed by atoms with Crippen LogP contribution in [0.2, 0.25) is 0 Å². The Morgan fingerprint density at radius 3 is 1.88 bits per heavy atom. The van der Waals surface area contributed by atoms with Crippen LogP contribution in [0.4, 0.5) is 0 Å². The molecule has 0 saturated carbocycles. The van der Waals surface area contributed by atoms with Gasteiger partial charge < -0.3 is 0 Å². The van der Waals surface area contributed by atoms with Crippen molar-refractivity contribution < 1.29 is 0 Å². The third-order valence-corrected chi connectivity index (χ3v) is 5.55. The van der Waals surface area contributed by atoms with Crippen LogP contribution in [0.25, 0.3) is 53.9 Å². The molecule has 6 rings (SSSR count). The topological polar surface area (TPSA) is 34.1 Å². The third-order valence-electron chi connectivity index (χ3n) is 5.55. The molecule has 0 fully saturated rings. The summed E-state index contributed by atoms with van der Waals surface area (Å²) in [5, 5.41) is 8.61. The quantitative estimate of drug-likeness (QED) is 0.390. The molecule has 0 atom stereocenters. The van der Waals surface area contributed by atoms with Gasteiger partial charge in [-0.05, 0) is 45.1 Å². The van der Waals surface area contributed by atoms with Crippen molar-refractivity contribution in [3.63, 3.8) is 0 Å². The first kappa shape index (κ1) is 13.7. The van der Waals surface area contributed by atoms with E-state index < -0.39 is 0 Å². The third kappa shape index (κ3) is 1.52. The Kier molecular flexibility index (Phi) is 2.41. The summed E-state index contributed by atoms with van der Waals surface area (Å²) in [6, 6.07) is 23.4. The summed E-state index contributed by atoms with van der Waals surface area (Å²) >= 11 is 0. The second-order valence-electron chi connectivity index (χ2n) is 6.86. The van der Waals surface area contributed by atoms with Crippen molar-refractivity contribution in [3.8, 4) is 0 Å². The molecule has 0 bridgehead atoms. The molecule has 120 valence electrons. The molecule has 0 spiro atoms. The highest BCUT2D eigenvalue weighted by Gasteiger charge is 2.17. The first-order chi connectivity index (χ1) is 12.7. The van der Waals surface area contributed by atoms with Crippen molar-refractivity contribution in [2.75, 3.05) is 0 Å². The fourth-order valence-corrected chi connectivity index (χ4v) is 4.36. The van der Waals surface area contributed by atoms with Crippen molar-refractivity contribution >= 4 is 53.9 Å². The molecule has 6 aromatic rings. The highest BCUT2D eigenvalue weighted by molar-refractivity contribution is 6.26. The predicted molar refractivity (Wildman–Crippen MR) is 109 cm³/mol. The summed E-state index contributed by atoms with van der Waals surface area (Å²) in [5.41, 5.74) is 0.0833. The summed E-state index contributed by atoms with van der Waals surface area (Å²) in [7, 11) is 0. The Bertz CT molecular complexity index is 1610. The molecule has 0 aliphatic heterocycles. The van der Waals surface area contributed by atoms with Gasteiger partial charge in [-0.25, -0.2) is 0 Å². The van der Waals surface area contributed by atoms with Crippen LogP contribution in [-0.4, -0.2) is 0 Å². The second-order valence-corrected chi connectivity index (χ2v) is 6.86. The molecule has 0 saturated heterocycles. The van der Waals surface area contributed by atoms with Gasteiger partial charge >= 0.3 is 0 Å². The first-order valence-electron chi connectivity index (χ1n) is 8.63. The Morgan fingerprint density at radius 2 is 1.04 bits per heavy atom. The van der Waals surface area contributed by atoms with E-state index in [9.17, 15) is 9.59 Å². The molecule has 26 heavy (non-hydrogen) atoms. The van der Waals surface area contributed by atoms with Gasteiger partial charge in [0.1, 0.15) is 0 Å². The summed E-state index contributed by atoms with van der Waals surface area (Å²) in [6.45, 7) is 0. The summed E-state index contributed by atoms with van der Waals surface area (Å²) in [4.78, 5) is 25.9. The maximum Gasteiger partial charge on any atom is 0.194 e. The maximum atomic E-state index is 13.0. The van der Waals surface area contributed by atoms with Gasteiger partial charge in [0.15, 0.2) is 10.9 Å². The maximum absolute atomic E-state index is 13.0. The Labute approximate surface area is 147 Å². The Hall–Kier alpha value is -3.52. The van der Waals surface area contributed by atoms with Crippen LogP contribution in [0.3, 0.4) is 0 Å². The van der Waals surface area contributed by atoms with E-state index in [1.807, 2.05) is 72.8 Å². The highest BCUT2D eigenvalue weighted by Crippen LogP contribution is 2.35. The van der Waals surface area contributed by atoms with Crippen LogP contribution >= 0.6 is 0 Å². The van der Waals surface area contributed by atoms with Crippen LogP contribution in [-0.2, 0) is 0 Å². The predicted octanol–water partition coefficient (Wildman–Crippen LogP) is 5.05. The van der Waals surface area contributed by atoms with E-state index in [0.29, 0.717) is 10.8 Å². The minimum atomic E-state index is 0.0412. The molecule has 6 aromatic carbocycles. The molecule has 0 N–H and O–H groups in total. The van der Waals surface area contributed by atoms with E-state index in [2.05, 4.69) is 0 Å². The molecular weight excluding hydrogens is 320 g/mol. The van der Waals surface area contributed by atoms with Gasteiger partial charge in [0.2, 0.25) is 0 Å². The van der Waals surface area contributed by atoms with E-state index >= 15 is 0 Å². The second kappa shape index (κ2) is 4.55. The summed E-state index contributed by atoms with van der Waals surface area (Å²) in [6.07, 6.45) is 0. The lowest BCUT2D eigenvalue weighted by atomic mass is 10.0. The van der Waals surface area contributed by atoms with E-state index in [1.165, 1.54) is 0 Å². The fraction of sp³-hybridized carbons (Fsp3) is 0.